The Morgan fingerprint density at radius 2 is 2.00 bits per heavy atom. The van der Waals surface area contributed by atoms with E-state index in [2.05, 4.69) is 26.0 Å². The number of hydrogen-bond donors (Lipinski definition) is 0. The molecule has 5 atom stereocenters. The summed E-state index contributed by atoms with van der Waals surface area (Å²) in [6.07, 6.45) is 13.9. The Labute approximate surface area is 158 Å². The van der Waals surface area contributed by atoms with Crippen LogP contribution in [0.3, 0.4) is 0 Å². The van der Waals surface area contributed by atoms with E-state index in [0.29, 0.717) is 24.7 Å². The van der Waals surface area contributed by atoms with E-state index in [0.717, 1.165) is 32.1 Å². The molecule has 4 unspecified atom stereocenters. The Hall–Kier alpha value is -1.38. The SMILES string of the molecule is C/C=C\C1=CC(=O)CCC1(C)C1CCC2(C)C(CC[C@@H]2OC(=O)CC)C1. The van der Waals surface area contributed by atoms with Gasteiger partial charge in [-0.2, -0.15) is 0 Å². The van der Waals surface area contributed by atoms with Gasteiger partial charge in [0.05, 0.1) is 0 Å². The van der Waals surface area contributed by atoms with Crippen LogP contribution in [0.4, 0.5) is 0 Å². The summed E-state index contributed by atoms with van der Waals surface area (Å²) >= 11 is 0. The molecule has 0 aliphatic heterocycles. The van der Waals surface area contributed by atoms with Crippen molar-refractivity contribution < 1.29 is 14.3 Å². The Balaban J connectivity index is 1.77. The quantitative estimate of drug-likeness (QED) is 0.632. The number of carbonyl (C=O) groups excluding carboxylic acids is 2. The van der Waals surface area contributed by atoms with Gasteiger partial charge in [-0.15, -0.1) is 0 Å². The van der Waals surface area contributed by atoms with Gasteiger partial charge < -0.3 is 4.74 Å². The molecule has 3 rings (SSSR count). The highest BCUT2D eigenvalue weighted by atomic mass is 16.5. The lowest BCUT2D eigenvalue weighted by atomic mass is 9.55. The molecule has 0 amide bonds. The average molecular weight is 359 g/mol. The number of hydrogen-bond acceptors (Lipinski definition) is 3. The van der Waals surface area contributed by atoms with Crippen molar-refractivity contribution >= 4 is 11.8 Å². The van der Waals surface area contributed by atoms with Crippen molar-refractivity contribution in [2.45, 2.75) is 85.2 Å². The molecule has 0 heterocycles. The van der Waals surface area contributed by atoms with Crippen LogP contribution in [0.1, 0.15) is 79.1 Å². The van der Waals surface area contributed by atoms with Gasteiger partial charge >= 0.3 is 5.97 Å². The lowest BCUT2D eigenvalue weighted by molar-refractivity contribution is -0.156. The van der Waals surface area contributed by atoms with E-state index in [1.807, 2.05) is 19.9 Å². The molecule has 3 aliphatic carbocycles. The van der Waals surface area contributed by atoms with Crippen LogP contribution in [0.5, 0.6) is 0 Å². The van der Waals surface area contributed by atoms with Crippen LogP contribution in [0.15, 0.2) is 23.8 Å². The minimum absolute atomic E-state index is 0.0601. The van der Waals surface area contributed by atoms with Crippen molar-refractivity contribution in [2.75, 3.05) is 0 Å². The summed E-state index contributed by atoms with van der Waals surface area (Å²) in [4.78, 5) is 23.8. The molecule has 144 valence electrons. The molecule has 0 aromatic rings. The van der Waals surface area contributed by atoms with E-state index in [1.54, 1.807) is 0 Å². The lowest BCUT2D eigenvalue weighted by Crippen LogP contribution is -2.44. The van der Waals surface area contributed by atoms with Crippen LogP contribution < -0.4 is 0 Å². The maximum atomic E-state index is 12.0. The first-order valence-electron chi connectivity index (χ1n) is 10.4. The molecule has 0 aromatic carbocycles. The Kier molecular flexibility index (Phi) is 5.46. The van der Waals surface area contributed by atoms with E-state index in [1.165, 1.54) is 12.0 Å². The van der Waals surface area contributed by atoms with Gasteiger partial charge in [0.15, 0.2) is 5.78 Å². The van der Waals surface area contributed by atoms with Gasteiger partial charge in [0, 0.05) is 18.3 Å². The molecule has 2 saturated carbocycles. The van der Waals surface area contributed by atoms with Crippen LogP contribution in [0, 0.1) is 22.7 Å². The van der Waals surface area contributed by atoms with Crippen molar-refractivity contribution in [1.82, 2.24) is 0 Å². The number of carbonyl (C=O) groups is 2. The summed E-state index contributed by atoms with van der Waals surface area (Å²) < 4.78 is 5.81. The fourth-order valence-electron chi connectivity index (χ4n) is 5.78. The minimum Gasteiger partial charge on any atom is -0.462 e. The molecule has 0 aromatic heterocycles. The van der Waals surface area contributed by atoms with Gasteiger partial charge in [0.2, 0.25) is 0 Å². The molecular weight excluding hydrogens is 324 g/mol. The van der Waals surface area contributed by atoms with E-state index in [-0.39, 0.29) is 28.7 Å². The lowest BCUT2D eigenvalue weighted by Gasteiger charge is -2.50. The number of rotatable bonds is 4. The van der Waals surface area contributed by atoms with Crippen LogP contribution in [0.2, 0.25) is 0 Å². The zero-order chi connectivity index (χ0) is 18.9. The first kappa shape index (κ1) is 19.4. The number of fused-ring (bicyclic) bond motifs is 1. The van der Waals surface area contributed by atoms with Gasteiger partial charge in [-0.05, 0) is 74.3 Å². The molecular formula is C23H34O3. The van der Waals surface area contributed by atoms with Crippen LogP contribution in [0.25, 0.3) is 0 Å². The molecule has 0 radical (unpaired) electrons. The second kappa shape index (κ2) is 7.32. The van der Waals surface area contributed by atoms with Gasteiger partial charge in [0.1, 0.15) is 6.10 Å². The zero-order valence-corrected chi connectivity index (χ0v) is 16.8. The fraction of sp³-hybridized carbons (Fsp3) is 0.739. The third kappa shape index (κ3) is 3.30. The molecule has 0 saturated heterocycles. The first-order valence-corrected chi connectivity index (χ1v) is 10.4. The van der Waals surface area contributed by atoms with E-state index in [4.69, 9.17) is 4.74 Å². The van der Waals surface area contributed by atoms with Gasteiger partial charge in [-0.1, -0.05) is 32.9 Å². The molecule has 0 N–H and O–H groups in total. The first-order chi connectivity index (χ1) is 12.3. The molecule has 26 heavy (non-hydrogen) atoms. The van der Waals surface area contributed by atoms with E-state index >= 15 is 0 Å². The number of allylic oxidation sites excluding steroid dienone is 4. The van der Waals surface area contributed by atoms with Crippen molar-refractivity contribution in [3.8, 4) is 0 Å². The Morgan fingerprint density at radius 1 is 1.23 bits per heavy atom. The summed E-state index contributed by atoms with van der Waals surface area (Å²) in [6.45, 7) is 8.60. The van der Waals surface area contributed by atoms with Crippen molar-refractivity contribution in [1.29, 1.82) is 0 Å². The van der Waals surface area contributed by atoms with Gasteiger partial charge in [-0.25, -0.2) is 0 Å². The number of ether oxygens (including phenoxy) is 1. The second-order valence-corrected chi connectivity index (χ2v) is 9.07. The largest absolute Gasteiger partial charge is 0.462 e. The fourth-order valence-corrected chi connectivity index (χ4v) is 5.78. The normalized spacial score (nSPS) is 40.4. The molecule has 2 fully saturated rings. The second-order valence-electron chi connectivity index (χ2n) is 9.07. The molecule has 3 heteroatoms. The van der Waals surface area contributed by atoms with Crippen molar-refractivity contribution in [3.05, 3.63) is 23.8 Å². The topological polar surface area (TPSA) is 43.4 Å². The summed E-state index contributed by atoms with van der Waals surface area (Å²) in [6, 6.07) is 0. The zero-order valence-electron chi connectivity index (χ0n) is 16.8. The summed E-state index contributed by atoms with van der Waals surface area (Å²) in [5, 5.41) is 0. The average Bonchev–Trinajstić information content (AvgIpc) is 2.94. The molecule has 3 nitrogen and oxygen atoms in total. The predicted octanol–water partition coefficient (Wildman–Crippen LogP) is 5.40. The number of esters is 1. The summed E-state index contributed by atoms with van der Waals surface area (Å²) in [5.41, 5.74) is 1.45. The maximum absolute atomic E-state index is 12.0. The monoisotopic (exact) mass is 358 g/mol. The van der Waals surface area contributed by atoms with Gasteiger partial charge in [0.25, 0.3) is 0 Å². The summed E-state index contributed by atoms with van der Waals surface area (Å²) in [5.74, 6) is 1.44. The Bertz CT molecular complexity index is 631. The van der Waals surface area contributed by atoms with Crippen LogP contribution in [-0.4, -0.2) is 17.9 Å². The highest BCUT2D eigenvalue weighted by Gasteiger charge is 2.54. The molecule has 0 bridgehead atoms. The third-order valence-corrected chi connectivity index (χ3v) is 7.72. The van der Waals surface area contributed by atoms with Gasteiger partial charge in [-0.3, -0.25) is 9.59 Å². The minimum atomic E-state index is -0.0601. The number of ketones is 1. The molecule has 3 aliphatic rings. The Morgan fingerprint density at radius 3 is 2.69 bits per heavy atom. The summed E-state index contributed by atoms with van der Waals surface area (Å²) in [7, 11) is 0. The van der Waals surface area contributed by atoms with Crippen LogP contribution in [-0.2, 0) is 14.3 Å². The van der Waals surface area contributed by atoms with Crippen molar-refractivity contribution in [2.24, 2.45) is 22.7 Å². The van der Waals surface area contributed by atoms with E-state index < -0.39 is 0 Å². The smallest absolute Gasteiger partial charge is 0.305 e. The predicted molar refractivity (Wildman–Crippen MR) is 104 cm³/mol. The van der Waals surface area contributed by atoms with Crippen molar-refractivity contribution in [3.63, 3.8) is 0 Å². The van der Waals surface area contributed by atoms with E-state index in [9.17, 15) is 9.59 Å². The highest BCUT2D eigenvalue weighted by molar-refractivity contribution is 5.92. The molecule has 0 spiro atoms. The maximum Gasteiger partial charge on any atom is 0.305 e. The highest BCUT2D eigenvalue weighted by Crippen LogP contribution is 2.59. The standard InChI is InChI=1S/C23H34O3/c1-5-7-16-15-19(24)11-13-22(16,3)18-10-12-23(4)17(14-18)8-9-20(23)26-21(25)6-2/h5,7,15,17-18,20H,6,8-14H2,1-4H3/b7-5-/t17?,18?,20-,22?,23?/m0/s1. The van der Waals surface area contributed by atoms with Crippen LogP contribution >= 0.6 is 0 Å². The third-order valence-electron chi connectivity index (χ3n) is 7.72.